The molecule has 1 fully saturated rings. The summed E-state index contributed by atoms with van der Waals surface area (Å²) in [7, 11) is 1.59. The lowest BCUT2D eigenvalue weighted by molar-refractivity contribution is -0.384. The summed E-state index contributed by atoms with van der Waals surface area (Å²) in [5.74, 6) is -1.31. The number of carbonyl (C=O) groups excluding carboxylic acids is 1. The largest absolute Gasteiger partial charge is 0.478 e. The zero-order valence-corrected chi connectivity index (χ0v) is 17.5. The third-order valence-electron chi connectivity index (χ3n) is 4.70. The van der Waals surface area contributed by atoms with E-state index in [1.54, 1.807) is 60.3 Å². The number of nitrogens with zero attached hydrogens (tertiary/aromatic N) is 4. The molecule has 1 N–H and O–H groups in total. The van der Waals surface area contributed by atoms with E-state index in [-0.39, 0.29) is 17.2 Å². The number of likely N-dealkylation sites (N-methyl/N-ethyl adjacent to an activating group) is 1. The van der Waals surface area contributed by atoms with Gasteiger partial charge in [-0.05, 0) is 54.2 Å². The van der Waals surface area contributed by atoms with Crippen molar-refractivity contribution in [2.24, 2.45) is 4.99 Å². The van der Waals surface area contributed by atoms with Gasteiger partial charge < -0.3 is 9.67 Å². The van der Waals surface area contributed by atoms with Crippen molar-refractivity contribution in [2.45, 2.75) is 0 Å². The van der Waals surface area contributed by atoms with Gasteiger partial charge in [-0.3, -0.25) is 19.8 Å². The second kappa shape index (κ2) is 8.52. The molecule has 32 heavy (non-hydrogen) atoms. The molecule has 2 heterocycles. The zero-order chi connectivity index (χ0) is 22.8. The number of aliphatic imine (C=N–C) groups is 1. The van der Waals surface area contributed by atoms with Crippen LogP contribution in [-0.2, 0) is 4.79 Å². The Bertz CT molecular complexity index is 1310. The van der Waals surface area contributed by atoms with Crippen molar-refractivity contribution >= 4 is 46.3 Å². The summed E-state index contributed by atoms with van der Waals surface area (Å²) in [6.07, 6.45) is 3.45. The topological polar surface area (TPSA) is 118 Å². The lowest BCUT2D eigenvalue weighted by atomic mass is 10.2. The molecule has 4 rings (SSSR count). The van der Waals surface area contributed by atoms with Gasteiger partial charge in [0.1, 0.15) is 0 Å². The highest BCUT2D eigenvalue weighted by Crippen LogP contribution is 2.33. The number of carbonyl (C=O) groups is 2. The molecule has 9 nitrogen and oxygen atoms in total. The molecule has 1 aliphatic heterocycles. The Morgan fingerprint density at radius 1 is 1.16 bits per heavy atom. The molecule has 1 amide bonds. The first-order valence-electron chi connectivity index (χ1n) is 9.35. The third kappa shape index (κ3) is 4.16. The molecule has 1 aromatic heterocycles. The summed E-state index contributed by atoms with van der Waals surface area (Å²) >= 11 is 1.16. The minimum atomic E-state index is -1.06. The maximum absolute atomic E-state index is 12.8. The highest BCUT2D eigenvalue weighted by molar-refractivity contribution is 8.18. The van der Waals surface area contributed by atoms with Gasteiger partial charge in [-0.25, -0.2) is 9.79 Å². The number of thioether (sulfide) groups is 1. The van der Waals surface area contributed by atoms with Crippen LogP contribution in [0.1, 0.15) is 16.1 Å². The Kier molecular flexibility index (Phi) is 5.61. The molecule has 10 heteroatoms. The summed E-state index contributed by atoms with van der Waals surface area (Å²) in [6.45, 7) is 0. The van der Waals surface area contributed by atoms with Gasteiger partial charge >= 0.3 is 5.97 Å². The summed E-state index contributed by atoms with van der Waals surface area (Å²) in [6, 6.07) is 16.0. The first kappa shape index (κ1) is 21.1. The monoisotopic (exact) mass is 448 g/mol. The van der Waals surface area contributed by atoms with E-state index in [0.29, 0.717) is 27.1 Å². The highest BCUT2D eigenvalue weighted by Gasteiger charge is 2.30. The summed E-state index contributed by atoms with van der Waals surface area (Å²) < 4.78 is 1.75. The molecule has 3 aromatic rings. The number of amidine groups is 1. The highest BCUT2D eigenvalue weighted by atomic mass is 32.2. The van der Waals surface area contributed by atoms with Crippen molar-refractivity contribution in [2.75, 3.05) is 7.05 Å². The average molecular weight is 448 g/mol. The number of amides is 1. The number of aromatic nitrogens is 1. The van der Waals surface area contributed by atoms with Crippen LogP contribution in [0.2, 0.25) is 0 Å². The number of hydrogen-bond acceptors (Lipinski definition) is 6. The second-order valence-corrected chi connectivity index (χ2v) is 7.81. The number of hydrogen-bond donors (Lipinski definition) is 1. The number of aromatic carboxylic acids is 1. The van der Waals surface area contributed by atoms with E-state index in [9.17, 15) is 19.7 Å². The molecule has 0 spiro atoms. The Balaban J connectivity index is 1.66. The molecule has 0 saturated carbocycles. The average Bonchev–Trinajstić information content (AvgIpc) is 3.34. The first-order chi connectivity index (χ1) is 15.3. The number of nitro benzene ring substituents is 1. The zero-order valence-electron chi connectivity index (χ0n) is 16.7. The van der Waals surface area contributed by atoms with Crippen molar-refractivity contribution < 1.29 is 19.6 Å². The lowest BCUT2D eigenvalue weighted by Crippen LogP contribution is -2.23. The minimum Gasteiger partial charge on any atom is -0.478 e. The van der Waals surface area contributed by atoms with Gasteiger partial charge in [-0.2, -0.15) is 0 Å². The van der Waals surface area contributed by atoms with Gasteiger partial charge in [0.15, 0.2) is 5.17 Å². The van der Waals surface area contributed by atoms with Gasteiger partial charge in [-0.15, -0.1) is 0 Å². The number of benzene rings is 2. The predicted molar refractivity (Wildman–Crippen MR) is 121 cm³/mol. The molecule has 0 aliphatic carbocycles. The second-order valence-electron chi connectivity index (χ2n) is 6.80. The van der Waals surface area contributed by atoms with Crippen LogP contribution in [0.5, 0.6) is 0 Å². The lowest BCUT2D eigenvalue weighted by Gasteiger charge is -2.07. The minimum absolute atomic E-state index is 0.0288. The number of nitro groups is 1. The Hall–Kier alpha value is -4.18. The number of non-ortho nitro benzene ring substituents is 1. The summed E-state index contributed by atoms with van der Waals surface area (Å²) in [4.78, 5) is 40.8. The fourth-order valence-corrected chi connectivity index (χ4v) is 4.08. The standard InChI is InChI=1S/C22H16N4O5S/c1-24-20(27)19(32-22(24)23-15-6-2-5-14(11-15)21(28)29)13-17-9-4-10-25(17)16-7-3-8-18(12-16)26(30)31/h2-13H,1H3,(H,28,29). The van der Waals surface area contributed by atoms with E-state index in [1.165, 1.54) is 29.2 Å². The Morgan fingerprint density at radius 3 is 2.69 bits per heavy atom. The van der Waals surface area contributed by atoms with Gasteiger partial charge in [-0.1, -0.05) is 12.1 Å². The summed E-state index contributed by atoms with van der Waals surface area (Å²) in [5.41, 5.74) is 1.77. The van der Waals surface area contributed by atoms with Crippen LogP contribution < -0.4 is 0 Å². The first-order valence-corrected chi connectivity index (χ1v) is 10.2. The molecule has 0 unspecified atom stereocenters. The van der Waals surface area contributed by atoms with E-state index in [2.05, 4.69) is 4.99 Å². The molecular weight excluding hydrogens is 432 g/mol. The van der Waals surface area contributed by atoms with Crippen LogP contribution in [0.3, 0.4) is 0 Å². The van der Waals surface area contributed by atoms with Crippen LogP contribution in [-0.4, -0.2) is 43.6 Å². The number of rotatable bonds is 5. The molecule has 160 valence electrons. The van der Waals surface area contributed by atoms with Crippen LogP contribution >= 0.6 is 11.8 Å². The van der Waals surface area contributed by atoms with Gasteiger partial charge in [0.05, 0.1) is 26.8 Å². The molecule has 1 saturated heterocycles. The fraction of sp³-hybridized carbons (Fsp3) is 0.0455. The maximum Gasteiger partial charge on any atom is 0.335 e. The van der Waals surface area contributed by atoms with Crippen molar-refractivity contribution in [1.29, 1.82) is 0 Å². The quantitative estimate of drug-likeness (QED) is 0.353. The molecule has 2 aromatic carbocycles. The van der Waals surface area contributed by atoms with E-state index >= 15 is 0 Å². The van der Waals surface area contributed by atoms with Crippen molar-refractivity contribution in [3.05, 3.63) is 93.1 Å². The van der Waals surface area contributed by atoms with Gasteiger partial charge in [0, 0.05) is 31.1 Å². The molecule has 0 bridgehead atoms. The van der Waals surface area contributed by atoms with E-state index in [0.717, 1.165) is 11.8 Å². The Morgan fingerprint density at radius 2 is 1.94 bits per heavy atom. The van der Waals surface area contributed by atoms with E-state index < -0.39 is 10.9 Å². The maximum atomic E-state index is 12.8. The van der Waals surface area contributed by atoms with Crippen molar-refractivity contribution in [3.8, 4) is 5.69 Å². The normalized spacial score (nSPS) is 16.2. The van der Waals surface area contributed by atoms with Gasteiger partial charge in [0.25, 0.3) is 11.6 Å². The van der Waals surface area contributed by atoms with Crippen molar-refractivity contribution in [1.82, 2.24) is 9.47 Å². The van der Waals surface area contributed by atoms with Gasteiger partial charge in [0.2, 0.25) is 0 Å². The fourth-order valence-electron chi connectivity index (χ4n) is 3.11. The van der Waals surface area contributed by atoms with Crippen LogP contribution in [0, 0.1) is 10.1 Å². The molecular formula is C22H16N4O5S. The molecule has 1 aliphatic rings. The SMILES string of the molecule is CN1C(=O)C(=Cc2cccn2-c2cccc([N+](=O)[O-])c2)SC1=Nc1cccc(C(=O)O)c1. The molecule has 0 atom stereocenters. The number of carboxylic acids is 1. The van der Waals surface area contributed by atoms with Crippen LogP contribution in [0.4, 0.5) is 11.4 Å². The third-order valence-corrected chi connectivity index (χ3v) is 5.76. The van der Waals surface area contributed by atoms with E-state index in [1.807, 2.05) is 0 Å². The van der Waals surface area contributed by atoms with Crippen LogP contribution in [0.15, 0.2) is 76.8 Å². The van der Waals surface area contributed by atoms with E-state index in [4.69, 9.17) is 5.11 Å². The Labute approximate surface area is 186 Å². The summed E-state index contributed by atoms with van der Waals surface area (Å²) in [5, 5.41) is 20.7. The molecule has 0 radical (unpaired) electrons. The predicted octanol–water partition coefficient (Wildman–Crippen LogP) is 4.32. The van der Waals surface area contributed by atoms with Crippen molar-refractivity contribution in [3.63, 3.8) is 0 Å². The smallest absolute Gasteiger partial charge is 0.335 e. The number of carboxylic acid groups (broad SMARTS) is 1. The van der Waals surface area contributed by atoms with Crippen LogP contribution in [0.25, 0.3) is 11.8 Å².